The lowest BCUT2D eigenvalue weighted by atomic mass is 10.2. The Morgan fingerprint density at radius 2 is 2.18 bits per heavy atom. The van der Waals surface area contributed by atoms with Crippen LogP contribution in [0, 0.1) is 11.3 Å². The van der Waals surface area contributed by atoms with Crippen LogP contribution in [0.2, 0.25) is 0 Å². The van der Waals surface area contributed by atoms with Gasteiger partial charge >= 0.3 is 0 Å². The van der Waals surface area contributed by atoms with Gasteiger partial charge in [-0.2, -0.15) is 5.26 Å². The molecule has 1 heteroatoms. The van der Waals surface area contributed by atoms with Gasteiger partial charge in [0.25, 0.3) is 0 Å². The predicted octanol–water partition coefficient (Wildman–Crippen LogP) is 2.98. The Balaban J connectivity index is 4.05. The van der Waals surface area contributed by atoms with E-state index in [-0.39, 0.29) is 0 Å². The van der Waals surface area contributed by atoms with Crippen LogP contribution in [0.3, 0.4) is 0 Å². The highest BCUT2D eigenvalue weighted by Crippen LogP contribution is 1.99. The fourth-order valence-corrected chi connectivity index (χ4v) is 0.659. The van der Waals surface area contributed by atoms with Crippen molar-refractivity contribution < 1.29 is 0 Å². The van der Waals surface area contributed by atoms with E-state index in [1.807, 2.05) is 19.1 Å². The smallest absolute Gasteiger partial charge is 0.0985 e. The first-order valence-corrected chi connectivity index (χ1v) is 3.64. The number of rotatable bonds is 3. The molecule has 0 aromatic carbocycles. The fourth-order valence-electron chi connectivity index (χ4n) is 0.659. The second kappa shape index (κ2) is 5.49. The molecule has 0 spiro atoms. The second-order valence-electron chi connectivity index (χ2n) is 2.33. The summed E-state index contributed by atoms with van der Waals surface area (Å²) in [5.41, 5.74) is 1.66. The van der Waals surface area contributed by atoms with Gasteiger partial charge in [0.15, 0.2) is 0 Å². The zero-order chi connectivity index (χ0) is 8.69. The van der Waals surface area contributed by atoms with Crippen molar-refractivity contribution in [3.05, 3.63) is 36.0 Å². The van der Waals surface area contributed by atoms with Crippen LogP contribution < -0.4 is 0 Å². The molecule has 0 aromatic rings. The molecule has 1 nitrogen and oxygen atoms in total. The highest BCUT2D eigenvalue weighted by Gasteiger charge is 1.82. The van der Waals surface area contributed by atoms with E-state index >= 15 is 0 Å². The minimum atomic E-state index is 0.494. The molecule has 0 rings (SSSR count). The Kier molecular flexibility index (Phi) is 4.85. The summed E-state index contributed by atoms with van der Waals surface area (Å²) in [6.45, 7) is 7.61. The van der Waals surface area contributed by atoms with Gasteiger partial charge in [-0.3, -0.25) is 0 Å². The number of hydrogen-bond acceptors (Lipinski definition) is 1. The standard InChI is InChI=1S/C10H13N/c1-4-5-9(2)6-7-10(3)8-11/h5-7H,3-4H2,1-2H3/b7-6-,9-5-. The Labute approximate surface area is 68.3 Å². The first kappa shape index (κ1) is 9.71. The van der Waals surface area contributed by atoms with Gasteiger partial charge in [-0.05, 0) is 19.4 Å². The third-order valence-electron chi connectivity index (χ3n) is 1.22. The number of hydrogen-bond donors (Lipinski definition) is 0. The number of nitriles is 1. The summed E-state index contributed by atoms with van der Waals surface area (Å²) in [4.78, 5) is 0. The fraction of sp³-hybridized carbons (Fsp3) is 0.300. The van der Waals surface area contributed by atoms with E-state index in [0.717, 1.165) is 6.42 Å². The molecule has 0 unspecified atom stereocenters. The molecular formula is C10H13N. The maximum atomic E-state index is 8.36. The van der Waals surface area contributed by atoms with E-state index in [1.54, 1.807) is 6.08 Å². The van der Waals surface area contributed by atoms with Crippen molar-refractivity contribution in [2.75, 3.05) is 0 Å². The first-order chi connectivity index (χ1) is 5.20. The second-order valence-corrected chi connectivity index (χ2v) is 2.33. The van der Waals surface area contributed by atoms with Crippen molar-refractivity contribution in [3.63, 3.8) is 0 Å². The van der Waals surface area contributed by atoms with Gasteiger partial charge in [0, 0.05) is 5.57 Å². The molecule has 11 heavy (non-hydrogen) atoms. The summed E-state index contributed by atoms with van der Waals surface area (Å²) in [6, 6.07) is 1.95. The average molecular weight is 147 g/mol. The van der Waals surface area contributed by atoms with Crippen molar-refractivity contribution in [3.8, 4) is 6.07 Å². The van der Waals surface area contributed by atoms with E-state index in [9.17, 15) is 0 Å². The van der Waals surface area contributed by atoms with E-state index in [2.05, 4.69) is 19.6 Å². The van der Waals surface area contributed by atoms with Crippen LogP contribution in [0.15, 0.2) is 36.0 Å². The highest BCUT2D eigenvalue weighted by atomic mass is 14.2. The highest BCUT2D eigenvalue weighted by molar-refractivity contribution is 5.33. The third-order valence-corrected chi connectivity index (χ3v) is 1.22. The quantitative estimate of drug-likeness (QED) is 0.444. The van der Waals surface area contributed by atoms with Crippen LogP contribution in [0.1, 0.15) is 20.3 Å². The Morgan fingerprint density at radius 3 is 2.64 bits per heavy atom. The van der Waals surface area contributed by atoms with Crippen molar-refractivity contribution in [1.29, 1.82) is 5.26 Å². The van der Waals surface area contributed by atoms with Crippen molar-refractivity contribution in [2.24, 2.45) is 0 Å². The van der Waals surface area contributed by atoms with Crippen LogP contribution >= 0.6 is 0 Å². The lowest BCUT2D eigenvalue weighted by Crippen LogP contribution is -1.69. The molecule has 0 aromatic heterocycles. The SMILES string of the molecule is C=C(C#N)/C=C\C(C)=C/CC. The molecule has 0 amide bonds. The Hall–Kier alpha value is -1.29. The van der Waals surface area contributed by atoms with Crippen molar-refractivity contribution >= 4 is 0 Å². The molecule has 0 N–H and O–H groups in total. The molecule has 0 aliphatic carbocycles. The molecule has 0 saturated carbocycles. The van der Waals surface area contributed by atoms with Gasteiger partial charge in [-0.15, -0.1) is 0 Å². The molecule has 0 atom stereocenters. The molecule has 0 bridgehead atoms. The monoisotopic (exact) mass is 147 g/mol. The summed E-state index contributed by atoms with van der Waals surface area (Å²) in [5.74, 6) is 0. The Morgan fingerprint density at radius 1 is 1.55 bits per heavy atom. The van der Waals surface area contributed by atoms with Crippen LogP contribution in [-0.4, -0.2) is 0 Å². The average Bonchev–Trinajstić information content (AvgIpc) is 2.01. The van der Waals surface area contributed by atoms with Crippen molar-refractivity contribution in [1.82, 2.24) is 0 Å². The maximum Gasteiger partial charge on any atom is 0.0985 e. The van der Waals surface area contributed by atoms with E-state index in [4.69, 9.17) is 5.26 Å². The molecular weight excluding hydrogens is 134 g/mol. The summed E-state index contributed by atoms with van der Waals surface area (Å²) < 4.78 is 0. The van der Waals surface area contributed by atoms with Crippen LogP contribution in [0.4, 0.5) is 0 Å². The first-order valence-electron chi connectivity index (χ1n) is 3.64. The minimum Gasteiger partial charge on any atom is -0.192 e. The largest absolute Gasteiger partial charge is 0.192 e. The zero-order valence-corrected chi connectivity index (χ0v) is 7.09. The van der Waals surface area contributed by atoms with Gasteiger partial charge in [-0.1, -0.05) is 31.2 Å². The molecule has 0 aliphatic heterocycles. The van der Waals surface area contributed by atoms with E-state index in [0.29, 0.717) is 5.57 Å². The predicted molar refractivity (Wildman–Crippen MR) is 47.9 cm³/mol. The van der Waals surface area contributed by atoms with Gasteiger partial charge in [-0.25, -0.2) is 0 Å². The number of allylic oxidation sites excluding steroid dienone is 5. The van der Waals surface area contributed by atoms with Crippen LogP contribution in [0.25, 0.3) is 0 Å². The molecule has 0 fully saturated rings. The van der Waals surface area contributed by atoms with Gasteiger partial charge in [0.2, 0.25) is 0 Å². The molecule has 0 aliphatic rings. The lowest BCUT2D eigenvalue weighted by molar-refractivity contribution is 1.20. The minimum absolute atomic E-state index is 0.494. The van der Waals surface area contributed by atoms with E-state index in [1.165, 1.54) is 5.57 Å². The number of nitrogens with zero attached hydrogens (tertiary/aromatic N) is 1. The summed E-state index contributed by atoms with van der Waals surface area (Å²) in [6.07, 6.45) is 6.74. The summed E-state index contributed by atoms with van der Waals surface area (Å²) >= 11 is 0. The normalized spacial score (nSPS) is 11.5. The molecule has 0 radical (unpaired) electrons. The summed E-state index contributed by atoms with van der Waals surface area (Å²) in [7, 11) is 0. The van der Waals surface area contributed by atoms with Crippen molar-refractivity contribution in [2.45, 2.75) is 20.3 Å². The maximum absolute atomic E-state index is 8.36. The molecule has 0 heterocycles. The van der Waals surface area contributed by atoms with Gasteiger partial charge in [0.05, 0.1) is 6.07 Å². The summed E-state index contributed by atoms with van der Waals surface area (Å²) in [5, 5.41) is 8.36. The van der Waals surface area contributed by atoms with Gasteiger partial charge < -0.3 is 0 Å². The topological polar surface area (TPSA) is 23.8 Å². The molecule has 0 saturated heterocycles. The zero-order valence-electron chi connectivity index (χ0n) is 7.09. The van der Waals surface area contributed by atoms with E-state index < -0.39 is 0 Å². The Bertz CT molecular complexity index is 226. The molecule has 58 valence electrons. The third kappa shape index (κ3) is 5.17. The lowest BCUT2D eigenvalue weighted by Gasteiger charge is -1.88. The van der Waals surface area contributed by atoms with Crippen LogP contribution in [-0.2, 0) is 0 Å². The van der Waals surface area contributed by atoms with Gasteiger partial charge in [0.1, 0.15) is 0 Å². The van der Waals surface area contributed by atoms with Crippen LogP contribution in [0.5, 0.6) is 0 Å².